The minimum atomic E-state index is 1.05. The normalized spacial score (nSPS) is 14.0. The zero-order valence-electron chi connectivity index (χ0n) is 15.7. The quantitative estimate of drug-likeness (QED) is 0.338. The van der Waals surface area contributed by atoms with E-state index in [-0.39, 0.29) is 0 Å². The van der Waals surface area contributed by atoms with Crippen LogP contribution >= 0.6 is 0 Å². The zero-order valence-corrected chi connectivity index (χ0v) is 19.2. The molecule has 22 heavy (non-hydrogen) atoms. The molecule has 0 bridgehead atoms. The van der Waals surface area contributed by atoms with Crippen LogP contribution in [0.4, 0.5) is 0 Å². The van der Waals surface area contributed by atoms with Gasteiger partial charge in [-0.05, 0) is 0 Å². The summed E-state index contributed by atoms with van der Waals surface area (Å²) in [4.78, 5) is 0. The molecule has 0 amide bonds. The van der Waals surface area contributed by atoms with Crippen molar-refractivity contribution in [2.24, 2.45) is 0 Å². The fraction of sp³-hybridized carbons (Fsp3) is 0.500. The van der Waals surface area contributed by atoms with Crippen molar-refractivity contribution in [3.63, 3.8) is 0 Å². The SMILES string of the molecule is CC1=[C-]CC(C)=C1.CC1=[C-]CC(C)=C1.C[CH-]C.C[CH-]C.[Si]=[Zr]. The first-order valence-corrected chi connectivity index (χ1v) is 11.8. The molecule has 0 aromatic carbocycles. The van der Waals surface area contributed by atoms with Crippen molar-refractivity contribution in [2.75, 3.05) is 0 Å². The van der Waals surface area contributed by atoms with E-state index < -0.39 is 0 Å². The van der Waals surface area contributed by atoms with Gasteiger partial charge in [-0.3, -0.25) is 12.2 Å². The molecule has 0 heterocycles. The second-order valence-electron chi connectivity index (χ2n) is 5.21. The first-order valence-electron chi connectivity index (χ1n) is 7.63. The summed E-state index contributed by atoms with van der Waals surface area (Å²) >= 11 is 1.36. The van der Waals surface area contributed by atoms with Gasteiger partial charge in [0.05, 0.1) is 0 Å². The Balaban J connectivity index is -0.000000227. The summed E-state index contributed by atoms with van der Waals surface area (Å²) in [6.45, 7) is 19.5. The molecular weight excluding hydrogens is 360 g/mol. The van der Waals surface area contributed by atoms with E-state index in [4.69, 9.17) is 0 Å². The Morgan fingerprint density at radius 2 is 1.00 bits per heavy atom. The van der Waals surface area contributed by atoms with Crippen molar-refractivity contribution < 1.29 is 23.3 Å². The molecule has 0 nitrogen and oxygen atoms in total. The van der Waals surface area contributed by atoms with E-state index in [2.05, 4.69) is 58.9 Å². The molecule has 0 aliphatic heterocycles. The van der Waals surface area contributed by atoms with Gasteiger partial charge in [0.1, 0.15) is 0 Å². The van der Waals surface area contributed by atoms with E-state index in [0.29, 0.717) is 0 Å². The number of allylic oxidation sites excluding steroid dienone is 8. The summed E-state index contributed by atoms with van der Waals surface area (Å²) < 4.78 is 0. The fourth-order valence-electron chi connectivity index (χ4n) is 1.50. The molecule has 0 N–H and O–H groups in total. The molecule has 2 aliphatic rings. The van der Waals surface area contributed by atoms with Gasteiger partial charge in [0.15, 0.2) is 0 Å². The van der Waals surface area contributed by atoms with Crippen molar-refractivity contribution >= 4 is 6.88 Å². The van der Waals surface area contributed by atoms with Crippen LogP contribution in [-0.2, 0) is 23.3 Å². The third-order valence-electron chi connectivity index (χ3n) is 2.22. The first-order chi connectivity index (χ1) is 10.4. The molecule has 124 valence electrons. The minimum absolute atomic E-state index is 1.05. The molecule has 0 unspecified atom stereocenters. The van der Waals surface area contributed by atoms with E-state index in [1.165, 1.54) is 45.6 Å². The van der Waals surface area contributed by atoms with Gasteiger partial charge in [-0.2, -0.15) is 38.8 Å². The van der Waals surface area contributed by atoms with Crippen LogP contribution in [0.1, 0.15) is 68.2 Å². The van der Waals surface area contributed by atoms with Gasteiger partial charge in [-0.1, -0.05) is 27.7 Å². The third-order valence-corrected chi connectivity index (χ3v) is 2.22. The average molecular weight is 392 g/mol. The van der Waals surface area contributed by atoms with Gasteiger partial charge in [-0.25, -0.2) is 23.3 Å². The predicted molar refractivity (Wildman–Crippen MR) is 98.7 cm³/mol. The molecule has 2 aliphatic carbocycles. The number of rotatable bonds is 0. The van der Waals surface area contributed by atoms with Crippen molar-refractivity contribution in [1.82, 2.24) is 0 Å². The van der Waals surface area contributed by atoms with Crippen LogP contribution in [0, 0.1) is 25.0 Å². The topological polar surface area (TPSA) is 0 Å². The molecule has 0 aromatic rings. The molecular formula is C20H32SiZr-4. The van der Waals surface area contributed by atoms with Crippen LogP contribution in [0.25, 0.3) is 0 Å². The summed E-state index contributed by atoms with van der Waals surface area (Å²) in [6, 6.07) is 0. The summed E-state index contributed by atoms with van der Waals surface area (Å²) in [5.41, 5.74) is 5.44. The monoisotopic (exact) mass is 390 g/mol. The molecule has 0 saturated heterocycles. The molecule has 0 fully saturated rings. The number of hydrogen-bond acceptors (Lipinski definition) is 0. The van der Waals surface area contributed by atoms with E-state index in [9.17, 15) is 0 Å². The Morgan fingerprint density at radius 1 is 0.773 bits per heavy atom. The van der Waals surface area contributed by atoms with Gasteiger partial charge in [0.25, 0.3) is 0 Å². The van der Waals surface area contributed by atoms with Gasteiger partial charge in [0.2, 0.25) is 0 Å². The van der Waals surface area contributed by atoms with E-state index in [1.54, 1.807) is 0 Å². The molecule has 2 rings (SSSR count). The maximum absolute atomic E-state index is 3.19. The van der Waals surface area contributed by atoms with Crippen LogP contribution in [0.15, 0.2) is 34.4 Å². The van der Waals surface area contributed by atoms with Crippen LogP contribution in [-0.4, -0.2) is 6.88 Å². The van der Waals surface area contributed by atoms with Gasteiger partial charge in [0, 0.05) is 0 Å². The summed E-state index contributed by atoms with van der Waals surface area (Å²) in [5.74, 6) is 0. The van der Waals surface area contributed by atoms with Crippen molar-refractivity contribution in [3.8, 4) is 0 Å². The standard InChI is InChI=1S/2C7H9.2C3H7.Si.Zr/c2*1-6-3-4-7(2)5-6;2*1-3-2;;/h2*5H,3H2,1-2H3;2*3H,1-2H3;;/q4*-1;;. The Kier molecular flexibility index (Phi) is 25.8. The van der Waals surface area contributed by atoms with Crippen LogP contribution in [0.5, 0.6) is 0 Å². The number of hydrogen-bond donors (Lipinski definition) is 0. The Labute approximate surface area is 157 Å². The van der Waals surface area contributed by atoms with E-state index >= 15 is 0 Å². The first kappa shape index (κ1) is 26.9. The van der Waals surface area contributed by atoms with Crippen molar-refractivity contribution in [3.05, 3.63) is 59.4 Å². The molecule has 0 aromatic heterocycles. The second-order valence-corrected chi connectivity index (χ2v) is 5.21. The maximum atomic E-state index is 3.19. The van der Waals surface area contributed by atoms with Gasteiger partial charge < -0.3 is 12.8 Å². The Bertz CT molecular complexity index is 337. The summed E-state index contributed by atoms with van der Waals surface area (Å²) in [6.07, 6.45) is 16.8. The van der Waals surface area contributed by atoms with Crippen LogP contribution in [0.3, 0.4) is 0 Å². The molecule has 2 heteroatoms. The van der Waals surface area contributed by atoms with Gasteiger partial charge in [-0.15, -0.1) is 12.8 Å². The Hall–Kier alpha value is 0.0600. The predicted octanol–water partition coefficient (Wildman–Crippen LogP) is 6.25. The van der Waals surface area contributed by atoms with Crippen molar-refractivity contribution in [2.45, 2.75) is 68.2 Å². The molecule has 2 radical (unpaired) electrons. The third kappa shape index (κ3) is 22.3. The zero-order chi connectivity index (χ0) is 18.0. The van der Waals surface area contributed by atoms with Crippen LogP contribution < -0.4 is 0 Å². The summed E-state index contributed by atoms with van der Waals surface area (Å²) in [7, 11) is 0. The van der Waals surface area contributed by atoms with Crippen molar-refractivity contribution in [1.29, 1.82) is 0 Å². The van der Waals surface area contributed by atoms with E-state index in [1.807, 2.05) is 40.5 Å². The van der Waals surface area contributed by atoms with E-state index in [0.717, 1.165) is 12.8 Å². The molecule has 0 atom stereocenters. The second kappa shape index (κ2) is 21.1. The summed E-state index contributed by atoms with van der Waals surface area (Å²) in [5, 5.41) is 0. The Morgan fingerprint density at radius 3 is 1.05 bits per heavy atom. The van der Waals surface area contributed by atoms with Gasteiger partial charge >= 0.3 is 30.2 Å². The molecule has 0 spiro atoms. The molecule has 0 saturated carbocycles. The average Bonchev–Trinajstić information content (AvgIpc) is 3.02. The fourth-order valence-corrected chi connectivity index (χ4v) is 1.50. The van der Waals surface area contributed by atoms with Crippen LogP contribution in [0.2, 0.25) is 0 Å².